The lowest BCUT2D eigenvalue weighted by atomic mass is 9.89. The van der Waals surface area contributed by atoms with Gasteiger partial charge >= 0.3 is 47.7 Å². The summed E-state index contributed by atoms with van der Waals surface area (Å²) in [5.74, 6) is -48.5. The van der Waals surface area contributed by atoms with Crippen LogP contribution >= 0.6 is 0 Å². The van der Waals surface area contributed by atoms with E-state index in [4.69, 9.17) is 0 Å². The molecule has 0 aliphatic carbocycles. The first-order valence-corrected chi connectivity index (χ1v) is 6.36. The first-order valence-electron chi connectivity index (χ1n) is 6.36. The fraction of sp³-hybridized carbons (Fsp3) is 0.909. The molecule has 0 aliphatic rings. The van der Waals surface area contributed by atoms with Crippen LogP contribution in [0.1, 0.15) is 12.8 Å². The number of carbonyl (C=O) groups excluding carboxylic acids is 1. The minimum atomic E-state index is -8.32. The van der Waals surface area contributed by atoms with Gasteiger partial charge in [-0.3, -0.25) is 4.79 Å². The van der Waals surface area contributed by atoms with Gasteiger partial charge in [-0.25, -0.2) is 0 Å². The Morgan fingerprint density at radius 3 is 1.25 bits per heavy atom. The van der Waals surface area contributed by atoms with Crippen molar-refractivity contribution in [3.8, 4) is 0 Å². The van der Waals surface area contributed by atoms with E-state index < -0.39 is 60.5 Å². The highest BCUT2D eigenvalue weighted by Gasteiger charge is 2.93. The van der Waals surface area contributed by atoms with Gasteiger partial charge < -0.3 is 4.74 Å². The van der Waals surface area contributed by atoms with E-state index in [1.54, 1.807) is 0 Å². The maximum atomic E-state index is 13.3. The Kier molecular flexibility index (Phi) is 6.64. The van der Waals surface area contributed by atoms with E-state index in [1.807, 2.05) is 0 Å². The Hall–Kier alpha value is -1.58. The normalized spacial score (nSPS) is 15.6. The van der Waals surface area contributed by atoms with Crippen molar-refractivity contribution in [2.75, 3.05) is 7.11 Å². The van der Waals surface area contributed by atoms with Crippen LogP contribution in [0.15, 0.2) is 0 Å². The maximum Gasteiger partial charge on any atom is 0.460 e. The number of esters is 1. The predicted molar refractivity (Wildman–Crippen MR) is 57.0 cm³/mol. The summed E-state index contributed by atoms with van der Waals surface area (Å²) < 4.78 is 196. The first-order chi connectivity index (χ1) is 12.0. The average Bonchev–Trinajstić information content (AvgIpc) is 2.50. The highest BCUT2D eigenvalue weighted by Crippen LogP contribution is 2.62. The van der Waals surface area contributed by atoms with Gasteiger partial charge in [-0.2, -0.15) is 65.9 Å². The number of hydrogen-bond acceptors (Lipinski definition) is 2. The number of halogens is 15. The molecule has 0 bridgehead atoms. The molecule has 168 valence electrons. The van der Waals surface area contributed by atoms with Crippen LogP contribution in [0.3, 0.4) is 0 Å². The van der Waals surface area contributed by atoms with Crippen LogP contribution in [0.4, 0.5) is 65.9 Å². The highest BCUT2D eigenvalue weighted by atomic mass is 19.4. The van der Waals surface area contributed by atoms with Crippen LogP contribution < -0.4 is 0 Å². The largest absolute Gasteiger partial charge is 0.469 e. The molecule has 0 fully saturated rings. The Morgan fingerprint density at radius 2 is 0.929 bits per heavy atom. The van der Waals surface area contributed by atoms with Crippen LogP contribution in [0.5, 0.6) is 0 Å². The summed E-state index contributed by atoms with van der Waals surface area (Å²) in [4.78, 5) is 10.6. The zero-order valence-corrected chi connectivity index (χ0v) is 12.9. The Balaban J connectivity index is 6.28. The van der Waals surface area contributed by atoms with Gasteiger partial charge in [0.1, 0.15) is 0 Å². The van der Waals surface area contributed by atoms with Crippen LogP contribution in [0, 0.1) is 0 Å². The van der Waals surface area contributed by atoms with Gasteiger partial charge in [0.25, 0.3) is 0 Å². The second-order valence-electron chi connectivity index (χ2n) is 5.15. The fourth-order valence-corrected chi connectivity index (χ4v) is 1.52. The van der Waals surface area contributed by atoms with Crippen molar-refractivity contribution in [3.63, 3.8) is 0 Å². The molecular formula is C11H7F15O2. The highest BCUT2D eigenvalue weighted by molar-refractivity contribution is 5.69. The molecule has 0 radical (unpaired) electrons. The van der Waals surface area contributed by atoms with E-state index in [2.05, 4.69) is 4.74 Å². The molecule has 0 aromatic rings. The van der Waals surface area contributed by atoms with Crippen LogP contribution in [-0.4, -0.2) is 54.8 Å². The summed E-state index contributed by atoms with van der Waals surface area (Å²) in [7, 11) is 0.487. The third-order valence-electron chi connectivity index (χ3n) is 3.26. The molecule has 0 aliphatic heterocycles. The maximum absolute atomic E-state index is 13.3. The topological polar surface area (TPSA) is 26.3 Å². The van der Waals surface area contributed by atoms with E-state index in [9.17, 15) is 70.7 Å². The Bertz CT molecular complexity index is 577. The molecule has 2 nitrogen and oxygen atoms in total. The third-order valence-corrected chi connectivity index (χ3v) is 3.26. The Labute approximate surface area is 144 Å². The predicted octanol–water partition coefficient (Wildman–Crippen LogP) is 5.31. The van der Waals surface area contributed by atoms with Crippen molar-refractivity contribution in [3.05, 3.63) is 0 Å². The SMILES string of the molecule is COC(=O)CCC(F)(F)C(F)(F)C(F)(F)C(F)(F)C(F)(F)C(F)(F)C(F)(F)F. The third kappa shape index (κ3) is 3.67. The molecule has 0 aromatic carbocycles. The molecule has 0 saturated heterocycles. The van der Waals surface area contributed by atoms with Gasteiger partial charge in [0.05, 0.1) is 13.5 Å². The van der Waals surface area contributed by atoms with E-state index >= 15 is 0 Å². The monoisotopic (exact) mass is 456 g/mol. The van der Waals surface area contributed by atoms with Crippen molar-refractivity contribution in [1.82, 2.24) is 0 Å². The van der Waals surface area contributed by atoms with E-state index in [1.165, 1.54) is 0 Å². The zero-order chi connectivity index (χ0) is 23.2. The smallest absolute Gasteiger partial charge is 0.460 e. The lowest BCUT2D eigenvalue weighted by Crippen LogP contribution is -2.72. The molecule has 17 heteroatoms. The molecular weight excluding hydrogens is 449 g/mol. The number of methoxy groups -OCH3 is 1. The Morgan fingerprint density at radius 1 is 0.607 bits per heavy atom. The summed E-state index contributed by atoms with van der Waals surface area (Å²) in [5.41, 5.74) is 0. The van der Waals surface area contributed by atoms with Crippen molar-refractivity contribution in [2.45, 2.75) is 54.6 Å². The van der Waals surface area contributed by atoms with Crippen LogP contribution in [-0.2, 0) is 9.53 Å². The lowest BCUT2D eigenvalue weighted by molar-refractivity contribution is -0.452. The molecule has 0 amide bonds. The molecule has 0 rings (SSSR count). The molecule has 0 spiro atoms. The molecule has 0 aromatic heterocycles. The van der Waals surface area contributed by atoms with Gasteiger partial charge in [0.2, 0.25) is 0 Å². The van der Waals surface area contributed by atoms with Gasteiger partial charge in [-0.05, 0) is 0 Å². The van der Waals surface area contributed by atoms with Crippen LogP contribution in [0.25, 0.3) is 0 Å². The number of ether oxygens (including phenoxy) is 1. The molecule has 0 heterocycles. The number of alkyl halides is 15. The molecule has 0 unspecified atom stereocenters. The summed E-state index contributed by atoms with van der Waals surface area (Å²) in [6.45, 7) is 0. The molecule has 0 atom stereocenters. The number of hydrogen-bond donors (Lipinski definition) is 0. The van der Waals surface area contributed by atoms with Gasteiger partial charge in [0.15, 0.2) is 0 Å². The zero-order valence-electron chi connectivity index (χ0n) is 12.9. The summed E-state index contributed by atoms with van der Waals surface area (Å²) in [6.07, 6.45) is -12.2. The van der Waals surface area contributed by atoms with Crippen molar-refractivity contribution < 1.29 is 75.4 Å². The average molecular weight is 456 g/mol. The first kappa shape index (κ1) is 26.4. The molecule has 28 heavy (non-hydrogen) atoms. The van der Waals surface area contributed by atoms with E-state index in [0.717, 1.165) is 0 Å². The van der Waals surface area contributed by atoms with E-state index in [0.29, 0.717) is 7.11 Å². The van der Waals surface area contributed by atoms with Crippen molar-refractivity contribution >= 4 is 5.97 Å². The van der Waals surface area contributed by atoms with E-state index in [-0.39, 0.29) is 0 Å². The summed E-state index contributed by atoms with van der Waals surface area (Å²) in [6, 6.07) is 0. The van der Waals surface area contributed by atoms with Crippen molar-refractivity contribution in [2.24, 2.45) is 0 Å². The minimum Gasteiger partial charge on any atom is -0.469 e. The number of carbonyl (C=O) groups is 1. The minimum absolute atomic E-state index is 0.487. The fourth-order valence-electron chi connectivity index (χ4n) is 1.52. The van der Waals surface area contributed by atoms with Gasteiger partial charge in [-0.15, -0.1) is 0 Å². The summed E-state index contributed by atoms with van der Waals surface area (Å²) >= 11 is 0. The van der Waals surface area contributed by atoms with Gasteiger partial charge in [-0.1, -0.05) is 0 Å². The standard InChI is InChI=1S/C11H7F15O2/c1-28-4(27)2-3-5(12,13)6(14,15)7(16,17)8(18,19)9(20,21)10(22,23)11(24,25)26/h2-3H2,1H3. The molecule has 0 N–H and O–H groups in total. The second kappa shape index (κ2) is 7.03. The van der Waals surface area contributed by atoms with Gasteiger partial charge in [0, 0.05) is 6.42 Å². The second-order valence-corrected chi connectivity index (χ2v) is 5.15. The molecule has 0 saturated carbocycles. The number of rotatable bonds is 8. The van der Waals surface area contributed by atoms with Crippen LogP contribution in [0.2, 0.25) is 0 Å². The summed E-state index contributed by atoms with van der Waals surface area (Å²) in [5, 5.41) is 0. The quantitative estimate of drug-likeness (QED) is 0.366. The van der Waals surface area contributed by atoms with Crippen molar-refractivity contribution in [1.29, 1.82) is 0 Å². The lowest BCUT2D eigenvalue weighted by Gasteiger charge is -2.41.